The first-order chi connectivity index (χ1) is 9.84. The molecule has 0 saturated heterocycles. The van der Waals surface area contributed by atoms with E-state index in [0.29, 0.717) is 5.56 Å². The maximum absolute atomic E-state index is 11.4. The molecule has 0 radical (unpaired) electrons. The number of aromatic hydroxyl groups is 1. The highest BCUT2D eigenvalue weighted by Gasteiger charge is 2.30. The molecule has 4 nitrogen and oxygen atoms in total. The van der Waals surface area contributed by atoms with E-state index >= 15 is 0 Å². The van der Waals surface area contributed by atoms with Crippen molar-refractivity contribution in [3.05, 3.63) is 27.7 Å². The Morgan fingerprint density at radius 1 is 1.23 bits per heavy atom. The van der Waals surface area contributed by atoms with E-state index in [4.69, 9.17) is 0 Å². The first-order valence-electron chi connectivity index (χ1n) is 7.13. The number of carboxylic acids is 1. The molecule has 0 bridgehead atoms. The van der Waals surface area contributed by atoms with Crippen LogP contribution in [0.1, 0.15) is 52.7 Å². The molecule has 0 spiro atoms. The zero-order valence-electron chi connectivity index (χ0n) is 13.9. The van der Waals surface area contributed by atoms with Crippen LogP contribution in [-0.2, 0) is 10.2 Å². The lowest BCUT2D eigenvalue weighted by Crippen LogP contribution is -2.32. The molecular formula is C17H24BrNO3. The van der Waals surface area contributed by atoms with E-state index in [1.54, 1.807) is 6.07 Å². The highest BCUT2D eigenvalue weighted by Crippen LogP contribution is 2.35. The van der Waals surface area contributed by atoms with E-state index in [-0.39, 0.29) is 11.2 Å². The summed E-state index contributed by atoms with van der Waals surface area (Å²) in [5.41, 5.74) is 0.560. The summed E-state index contributed by atoms with van der Waals surface area (Å²) in [6.07, 6.45) is 1.44. The first kappa shape index (κ1) is 18.7. The quantitative estimate of drug-likeness (QED) is 0.777. The van der Waals surface area contributed by atoms with Crippen molar-refractivity contribution in [2.75, 3.05) is 0 Å². The molecule has 0 aromatic heterocycles. The molecule has 2 N–H and O–H groups in total. The Labute approximate surface area is 140 Å². The summed E-state index contributed by atoms with van der Waals surface area (Å²) >= 11 is 3.43. The summed E-state index contributed by atoms with van der Waals surface area (Å²) in [7, 11) is 0. The van der Waals surface area contributed by atoms with Crippen LogP contribution >= 0.6 is 15.9 Å². The molecule has 0 fully saturated rings. The highest BCUT2D eigenvalue weighted by atomic mass is 79.9. The third kappa shape index (κ3) is 4.57. The molecule has 1 aromatic carbocycles. The van der Waals surface area contributed by atoms with Crippen molar-refractivity contribution >= 4 is 28.1 Å². The van der Waals surface area contributed by atoms with Crippen LogP contribution in [0.15, 0.2) is 21.6 Å². The Morgan fingerprint density at radius 3 is 2.18 bits per heavy atom. The zero-order chi connectivity index (χ0) is 17.3. The third-order valence-corrected chi connectivity index (χ3v) is 3.79. The minimum absolute atomic E-state index is 0.137. The molecule has 0 saturated carbocycles. The fourth-order valence-electron chi connectivity index (χ4n) is 2.10. The Kier molecular flexibility index (Phi) is 5.44. The molecule has 0 aliphatic rings. The summed E-state index contributed by atoms with van der Waals surface area (Å²) in [4.78, 5) is 15.5. The SMILES string of the molecule is CC(C)(C)c1cc(Br)cc(C=NC(C(=O)O)C(C)(C)C)c1O. The Hall–Kier alpha value is -1.36. The average molecular weight is 370 g/mol. The smallest absolute Gasteiger partial charge is 0.328 e. The minimum Gasteiger partial charge on any atom is -0.507 e. The molecule has 1 unspecified atom stereocenters. The van der Waals surface area contributed by atoms with Crippen LogP contribution in [0.25, 0.3) is 0 Å². The van der Waals surface area contributed by atoms with Crippen molar-refractivity contribution in [2.45, 2.75) is 53.0 Å². The van der Waals surface area contributed by atoms with Gasteiger partial charge in [0, 0.05) is 21.8 Å². The maximum atomic E-state index is 11.4. The van der Waals surface area contributed by atoms with E-state index in [1.165, 1.54) is 6.21 Å². The van der Waals surface area contributed by atoms with Crippen molar-refractivity contribution in [3.63, 3.8) is 0 Å². The number of nitrogens with zero attached hydrogens (tertiary/aromatic N) is 1. The molecule has 1 aromatic rings. The number of phenolic OH excluding ortho intramolecular Hbond substituents is 1. The van der Waals surface area contributed by atoms with Crippen molar-refractivity contribution in [3.8, 4) is 5.75 Å². The molecule has 5 heteroatoms. The molecule has 0 amide bonds. The van der Waals surface area contributed by atoms with Crippen LogP contribution in [0.2, 0.25) is 0 Å². The Bertz CT molecular complexity index is 595. The van der Waals surface area contributed by atoms with Gasteiger partial charge in [-0.15, -0.1) is 0 Å². The predicted octanol–water partition coefficient (Wildman–Crippen LogP) is 4.37. The fourth-order valence-corrected chi connectivity index (χ4v) is 2.58. The number of hydrogen-bond donors (Lipinski definition) is 2. The summed E-state index contributed by atoms with van der Waals surface area (Å²) in [5, 5.41) is 19.8. The summed E-state index contributed by atoms with van der Waals surface area (Å²) in [5.74, 6) is -0.841. The second kappa shape index (κ2) is 6.41. The second-order valence-corrected chi connectivity index (χ2v) is 8.44. The van der Waals surface area contributed by atoms with E-state index < -0.39 is 17.4 Å². The third-order valence-electron chi connectivity index (χ3n) is 3.33. The van der Waals surface area contributed by atoms with Crippen LogP contribution in [0.5, 0.6) is 5.75 Å². The normalized spacial score (nSPS) is 14.3. The van der Waals surface area contributed by atoms with Crippen molar-refractivity contribution < 1.29 is 15.0 Å². The predicted molar refractivity (Wildman–Crippen MR) is 93.0 cm³/mol. The number of hydrogen-bond acceptors (Lipinski definition) is 3. The van der Waals surface area contributed by atoms with Crippen LogP contribution in [-0.4, -0.2) is 28.4 Å². The molecule has 22 heavy (non-hydrogen) atoms. The van der Waals surface area contributed by atoms with Crippen LogP contribution in [0.4, 0.5) is 0 Å². The molecule has 1 rings (SSSR count). The topological polar surface area (TPSA) is 69.9 Å². The Balaban J connectivity index is 3.31. The molecule has 122 valence electrons. The van der Waals surface area contributed by atoms with Gasteiger partial charge >= 0.3 is 5.97 Å². The molecule has 1 atom stereocenters. The number of phenols is 1. The van der Waals surface area contributed by atoms with Crippen molar-refractivity contribution in [1.82, 2.24) is 0 Å². The van der Waals surface area contributed by atoms with Gasteiger partial charge in [0.25, 0.3) is 0 Å². The average Bonchev–Trinajstić information content (AvgIpc) is 2.29. The van der Waals surface area contributed by atoms with Gasteiger partial charge in [-0.05, 0) is 23.0 Å². The van der Waals surface area contributed by atoms with Gasteiger partial charge in [0.1, 0.15) is 5.75 Å². The van der Waals surface area contributed by atoms with Crippen molar-refractivity contribution in [1.29, 1.82) is 0 Å². The molecular weight excluding hydrogens is 346 g/mol. The first-order valence-corrected chi connectivity index (χ1v) is 7.92. The highest BCUT2D eigenvalue weighted by molar-refractivity contribution is 9.10. The van der Waals surface area contributed by atoms with Gasteiger partial charge in [-0.25, -0.2) is 4.79 Å². The Morgan fingerprint density at radius 2 is 1.77 bits per heavy atom. The number of halogens is 1. The summed E-state index contributed by atoms with van der Waals surface area (Å²) in [6, 6.07) is 2.73. The standard InChI is InChI=1S/C17H24BrNO3/c1-16(2,3)12-8-11(18)7-10(13(12)20)9-19-14(15(21)22)17(4,5)6/h7-9,14,20H,1-6H3,(H,21,22). The molecule has 0 aliphatic heterocycles. The lowest BCUT2D eigenvalue weighted by atomic mass is 9.85. The number of carboxylic acid groups (broad SMARTS) is 1. The number of aliphatic imine (C=N–C) groups is 1. The number of benzene rings is 1. The molecule has 0 heterocycles. The number of carbonyl (C=O) groups is 1. The van der Waals surface area contributed by atoms with E-state index in [9.17, 15) is 15.0 Å². The monoisotopic (exact) mass is 369 g/mol. The van der Waals surface area contributed by atoms with Gasteiger partial charge in [-0.3, -0.25) is 4.99 Å². The van der Waals surface area contributed by atoms with Gasteiger partial charge in [0.2, 0.25) is 0 Å². The van der Waals surface area contributed by atoms with Crippen molar-refractivity contribution in [2.24, 2.45) is 10.4 Å². The lowest BCUT2D eigenvalue weighted by Gasteiger charge is -2.24. The van der Waals surface area contributed by atoms with E-state index in [2.05, 4.69) is 20.9 Å². The van der Waals surface area contributed by atoms with E-state index in [0.717, 1.165) is 10.0 Å². The largest absolute Gasteiger partial charge is 0.507 e. The van der Waals surface area contributed by atoms with Crippen LogP contribution in [0, 0.1) is 5.41 Å². The number of aliphatic carboxylic acids is 1. The lowest BCUT2D eigenvalue weighted by molar-refractivity contribution is -0.140. The van der Waals surface area contributed by atoms with Gasteiger partial charge in [0.05, 0.1) is 0 Å². The zero-order valence-corrected chi connectivity index (χ0v) is 15.5. The minimum atomic E-state index is -0.978. The summed E-state index contributed by atoms with van der Waals surface area (Å²) in [6.45, 7) is 11.5. The summed E-state index contributed by atoms with van der Waals surface area (Å²) < 4.78 is 0.819. The van der Waals surface area contributed by atoms with E-state index in [1.807, 2.05) is 47.6 Å². The maximum Gasteiger partial charge on any atom is 0.328 e. The van der Waals surface area contributed by atoms with Crippen LogP contribution < -0.4 is 0 Å². The second-order valence-electron chi connectivity index (χ2n) is 7.53. The van der Waals surface area contributed by atoms with Gasteiger partial charge in [-0.1, -0.05) is 57.5 Å². The number of rotatable bonds is 3. The van der Waals surface area contributed by atoms with Gasteiger partial charge in [0.15, 0.2) is 6.04 Å². The van der Waals surface area contributed by atoms with Crippen LogP contribution in [0.3, 0.4) is 0 Å². The molecule has 0 aliphatic carbocycles. The van der Waals surface area contributed by atoms with Gasteiger partial charge < -0.3 is 10.2 Å². The fraction of sp³-hybridized carbons (Fsp3) is 0.529. The van der Waals surface area contributed by atoms with Gasteiger partial charge in [-0.2, -0.15) is 0 Å².